The summed E-state index contributed by atoms with van der Waals surface area (Å²) < 4.78 is 4.59. The average molecular weight is 207 g/mol. The zero-order valence-corrected chi connectivity index (χ0v) is 8.74. The third-order valence-corrected chi connectivity index (χ3v) is 1.89. The van der Waals surface area contributed by atoms with Crippen molar-refractivity contribution in [3.8, 4) is 0 Å². The zero-order valence-electron chi connectivity index (χ0n) is 8.74. The van der Waals surface area contributed by atoms with Gasteiger partial charge in [-0.2, -0.15) is 0 Å². The summed E-state index contributed by atoms with van der Waals surface area (Å²) in [6.45, 7) is 1.87. The lowest BCUT2D eigenvalue weighted by Crippen LogP contribution is -2.19. The number of ether oxygens (including phenoxy) is 1. The first-order valence-corrected chi connectivity index (χ1v) is 4.55. The summed E-state index contributed by atoms with van der Waals surface area (Å²) in [5.41, 5.74) is 1.36. The van der Waals surface area contributed by atoms with E-state index in [1.807, 2.05) is 6.07 Å². The van der Waals surface area contributed by atoms with E-state index in [2.05, 4.69) is 10.1 Å². The molecular weight excluding hydrogens is 194 g/mol. The lowest BCUT2D eigenvalue weighted by Gasteiger charge is -2.04. The molecule has 0 saturated heterocycles. The van der Waals surface area contributed by atoms with Crippen LogP contribution < -0.4 is 5.32 Å². The van der Waals surface area contributed by atoms with Crippen molar-refractivity contribution >= 4 is 11.9 Å². The van der Waals surface area contributed by atoms with E-state index in [4.69, 9.17) is 0 Å². The summed E-state index contributed by atoms with van der Waals surface area (Å²) in [5.74, 6) is -0.474. The lowest BCUT2D eigenvalue weighted by molar-refractivity contribution is -0.119. The number of carbonyl (C=O) groups is 2. The molecule has 0 bridgehead atoms. The van der Waals surface area contributed by atoms with E-state index < -0.39 is 0 Å². The van der Waals surface area contributed by atoms with Crippen molar-refractivity contribution in [2.24, 2.45) is 0 Å². The molecule has 0 aromatic heterocycles. The van der Waals surface area contributed by atoms with E-state index >= 15 is 0 Å². The van der Waals surface area contributed by atoms with Crippen LogP contribution in [0.1, 0.15) is 22.8 Å². The molecule has 0 spiro atoms. The maximum atomic E-state index is 11.2. The number of methoxy groups -OCH3 is 1. The highest BCUT2D eigenvalue weighted by Crippen LogP contribution is 2.06. The van der Waals surface area contributed by atoms with Gasteiger partial charge in [-0.1, -0.05) is 12.1 Å². The minimum Gasteiger partial charge on any atom is -0.465 e. The van der Waals surface area contributed by atoms with Gasteiger partial charge in [-0.25, -0.2) is 4.79 Å². The Kier molecular flexibility index (Phi) is 3.85. The molecule has 0 fully saturated rings. The molecule has 0 aliphatic heterocycles. The second-order valence-corrected chi connectivity index (χ2v) is 3.10. The monoisotopic (exact) mass is 207 g/mol. The van der Waals surface area contributed by atoms with Crippen molar-refractivity contribution in [3.05, 3.63) is 35.4 Å². The molecule has 4 heteroatoms. The molecule has 0 saturated carbocycles. The van der Waals surface area contributed by atoms with Gasteiger partial charge in [0, 0.05) is 13.5 Å². The van der Waals surface area contributed by atoms with Crippen LogP contribution in [0, 0.1) is 0 Å². The summed E-state index contributed by atoms with van der Waals surface area (Å²) in [5, 5.41) is 2.65. The van der Waals surface area contributed by atoms with Crippen LogP contribution in [0.5, 0.6) is 0 Å². The predicted molar refractivity (Wildman–Crippen MR) is 55.3 cm³/mol. The number of rotatable bonds is 3. The van der Waals surface area contributed by atoms with E-state index in [0.717, 1.165) is 5.56 Å². The van der Waals surface area contributed by atoms with E-state index in [9.17, 15) is 9.59 Å². The van der Waals surface area contributed by atoms with E-state index in [1.165, 1.54) is 14.0 Å². The Labute approximate surface area is 88.2 Å². The van der Waals surface area contributed by atoms with E-state index in [0.29, 0.717) is 12.1 Å². The highest BCUT2D eigenvalue weighted by molar-refractivity contribution is 5.89. The number of esters is 1. The number of benzene rings is 1. The van der Waals surface area contributed by atoms with Crippen LogP contribution in [0.15, 0.2) is 24.3 Å². The van der Waals surface area contributed by atoms with Crippen molar-refractivity contribution < 1.29 is 14.3 Å². The quantitative estimate of drug-likeness (QED) is 0.755. The summed E-state index contributed by atoms with van der Waals surface area (Å²) in [6.07, 6.45) is 0. The van der Waals surface area contributed by atoms with Crippen molar-refractivity contribution in [3.63, 3.8) is 0 Å². The Bertz CT molecular complexity index is 374. The number of hydrogen-bond donors (Lipinski definition) is 1. The molecule has 80 valence electrons. The minimum absolute atomic E-state index is 0.0986. The van der Waals surface area contributed by atoms with Gasteiger partial charge in [0.25, 0.3) is 0 Å². The van der Waals surface area contributed by atoms with Crippen LogP contribution in [0.2, 0.25) is 0 Å². The number of carbonyl (C=O) groups excluding carboxylic acids is 2. The summed E-state index contributed by atoms with van der Waals surface area (Å²) in [6, 6.07) is 6.96. The number of hydrogen-bond acceptors (Lipinski definition) is 3. The smallest absolute Gasteiger partial charge is 0.337 e. The van der Waals surface area contributed by atoms with Gasteiger partial charge in [-0.05, 0) is 17.7 Å². The van der Waals surface area contributed by atoms with Crippen LogP contribution in [0.25, 0.3) is 0 Å². The summed E-state index contributed by atoms with van der Waals surface area (Å²) >= 11 is 0. The molecule has 1 aromatic carbocycles. The maximum absolute atomic E-state index is 11.2. The van der Waals surface area contributed by atoms with Gasteiger partial charge in [0.2, 0.25) is 5.91 Å². The van der Waals surface area contributed by atoms with Crippen LogP contribution in [-0.2, 0) is 16.1 Å². The maximum Gasteiger partial charge on any atom is 0.337 e. The van der Waals surface area contributed by atoms with Crippen molar-refractivity contribution in [1.29, 1.82) is 0 Å². The molecule has 15 heavy (non-hydrogen) atoms. The van der Waals surface area contributed by atoms with Gasteiger partial charge in [0.1, 0.15) is 0 Å². The first kappa shape index (κ1) is 11.2. The fourth-order valence-electron chi connectivity index (χ4n) is 1.15. The predicted octanol–water partition coefficient (Wildman–Crippen LogP) is 1.11. The highest BCUT2D eigenvalue weighted by Gasteiger charge is 2.05. The Morgan fingerprint density at radius 1 is 1.40 bits per heavy atom. The first-order chi connectivity index (χ1) is 7.13. The van der Waals surface area contributed by atoms with Crippen LogP contribution in [-0.4, -0.2) is 19.0 Å². The Balaban J connectivity index is 2.74. The Morgan fingerprint density at radius 3 is 2.73 bits per heavy atom. The fourth-order valence-corrected chi connectivity index (χ4v) is 1.15. The molecule has 1 N–H and O–H groups in total. The second-order valence-electron chi connectivity index (χ2n) is 3.10. The van der Waals surface area contributed by atoms with E-state index in [-0.39, 0.29) is 11.9 Å². The molecule has 4 nitrogen and oxygen atoms in total. The average Bonchev–Trinajstić information content (AvgIpc) is 2.25. The fraction of sp³-hybridized carbons (Fsp3) is 0.273. The van der Waals surface area contributed by atoms with Crippen LogP contribution in [0.4, 0.5) is 0 Å². The van der Waals surface area contributed by atoms with E-state index in [1.54, 1.807) is 18.2 Å². The van der Waals surface area contributed by atoms with Gasteiger partial charge < -0.3 is 10.1 Å². The second kappa shape index (κ2) is 5.14. The molecule has 1 amide bonds. The summed E-state index contributed by atoms with van der Waals surface area (Å²) in [7, 11) is 1.34. The number of nitrogens with one attached hydrogen (secondary N) is 1. The van der Waals surface area contributed by atoms with Gasteiger partial charge in [0.05, 0.1) is 12.7 Å². The summed E-state index contributed by atoms with van der Waals surface area (Å²) in [4.78, 5) is 21.9. The third kappa shape index (κ3) is 3.42. The molecular formula is C11H13NO3. The van der Waals surface area contributed by atoms with Crippen LogP contribution in [0.3, 0.4) is 0 Å². The van der Waals surface area contributed by atoms with Gasteiger partial charge >= 0.3 is 5.97 Å². The Hall–Kier alpha value is -1.84. The third-order valence-electron chi connectivity index (χ3n) is 1.89. The highest BCUT2D eigenvalue weighted by atomic mass is 16.5. The normalized spacial score (nSPS) is 9.47. The zero-order chi connectivity index (χ0) is 11.3. The molecule has 0 heterocycles. The van der Waals surface area contributed by atoms with Crippen molar-refractivity contribution in [1.82, 2.24) is 5.32 Å². The van der Waals surface area contributed by atoms with Gasteiger partial charge in [-0.3, -0.25) is 4.79 Å². The van der Waals surface area contributed by atoms with Crippen LogP contribution >= 0.6 is 0 Å². The molecule has 1 rings (SSSR count). The molecule has 0 atom stereocenters. The molecule has 0 radical (unpaired) electrons. The molecule has 0 aliphatic rings. The van der Waals surface area contributed by atoms with Crippen molar-refractivity contribution in [2.75, 3.05) is 7.11 Å². The largest absolute Gasteiger partial charge is 0.465 e. The molecule has 1 aromatic rings. The minimum atomic E-state index is -0.375. The van der Waals surface area contributed by atoms with Crippen molar-refractivity contribution in [2.45, 2.75) is 13.5 Å². The molecule has 0 unspecified atom stereocenters. The van der Waals surface area contributed by atoms with Gasteiger partial charge in [-0.15, -0.1) is 0 Å². The number of amides is 1. The topological polar surface area (TPSA) is 55.4 Å². The SMILES string of the molecule is COC(=O)c1cccc(CNC(C)=O)c1. The lowest BCUT2D eigenvalue weighted by atomic mass is 10.1. The Morgan fingerprint density at radius 2 is 2.13 bits per heavy atom. The standard InChI is InChI=1S/C11H13NO3/c1-8(13)12-7-9-4-3-5-10(6-9)11(14)15-2/h3-6H,7H2,1-2H3,(H,12,13). The van der Waals surface area contributed by atoms with Gasteiger partial charge in [0.15, 0.2) is 0 Å². The molecule has 0 aliphatic carbocycles. The first-order valence-electron chi connectivity index (χ1n) is 4.55.